The Labute approximate surface area is 130 Å². The van der Waals surface area contributed by atoms with E-state index in [4.69, 9.17) is 0 Å². The lowest BCUT2D eigenvalue weighted by Gasteiger charge is -2.41. The summed E-state index contributed by atoms with van der Waals surface area (Å²) in [6, 6.07) is 6.60. The minimum Gasteiger partial charge on any atom is -0.481 e. The Morgan fingerprint density at radius 3 is 2.48 bits per heavy atom. The molecule has 0 radical (unpaired) electrons. The average molecular weight is 354 g/mol. The van der Waals surface area contributed by atoms with E-state index >= 15 is 0 Å². The van der Waals surface area contributed by atoms with E-state index < -0.39 is 23.4 Å². The third kappa shape index (κ3) is 2.44. The maximum atomic E-state index is 12.0. The molecule has 0 saturated heterocycles. The predicted octanol–water partition coefficient (Wildman–Crippen LogP) is 2.51. The predicted molar refractivity (Wildman–Crippen MR) is 81.0 cm³/mol. The fraction of sp³-hybridized carbons (Fsp3) is 0.333. The summed E-state index contributed by atoms with van der Waals surface area (Å²) in [6.45, 7) is 3.42. The summed E-state index contributed by atoms with van der Waals surface area (Å²) in [7, 11) is 0. The SMILES string of the molecule is CC1=C(C(=O)O)CC(C(=O)O)(c2ccccc2Br)C(C)N1. The van der Waals surface area contributed by atoms with Crippen LogP contribution in [0.4, 0.5) is 0 Å². The zero-order valence-electron chi connectivity index (χ0n) is 11.7. The second-order valence-electron chi connectivity index (χ2n) is 5.21. The van der Waals surface area contributed by atoms with Gasteiger partial charge in [0.05, 0.1) is 5.57 Å². The van der Waals surface area contributed by atoms with E-state index in [-0.39, 0.29) is 12.0 Å². The van der Waals surface area contributed by atoms with Crippen LogP contribution >= 0.6 is 15.9 Å². The number of carboxylic acid groups (broad SMARTS) is 2. The van der Waals surface area contributed by atoms with Crippen LogP contribution in [0.3, 0.4) is 0 Å². The van der Waals surface area contributed by atoms with E-state index in [0.717, 1.165) is 0 Å². The van der Waals surface area contributed by atoms with Crippen molar-refractivity contribution in [2.75, 3.05) is 0 Å². The van der Waals surface area contributed by atoms with Crippen LogP contribution in [0.1, 0.15) is 25.8 Å². The van der Waals surface area contributed by atoms with Gasteiger partial charge in [0.2, 0.25) is 0 Å². The van der Waals surface area contributed by atoms with E-state index in [2.05, 4.69) is 21.2 Å². The highest BCUT2D eigenvalue weighted by Crippen LogP contribution is 2.42. The highest BCUT2D eigenvalue weighted by atomic mass is 79.9. The molecular weight excluding hydrogens is 338 g/mol. The number of carboxylic acids is 2. The molecule has 0 saturated carbocycles. The molecule has 2 atom stereocenters. The molecule has 1 aliphatic rings. The van der Waals surface area contributed by atoms with E-state index in [1.54, 1.807) is 38.1 Å². The molecule has 1 aromatic rings. The van der Waals surface area contributed by atoms with Gasteiger partial charge in [-0.05, 0) is 25.5 Å². The smallest absolute Gasteiger partial charge is 0.333 e. The lowest BCUT2D eigenvalue weighted by molar-refractivity contribution is -0.145. The zero-order valence-corrected chi connectivity index (χ0v) is 13.3. The molecule has 21 heavy (non-hydrogen) atoms. The van der Waals surface area contributed by atoms with Crippen molar-refractivity contribution in [1.82, 2.24) is 5.32 Å². The Balaban J connectivity index is 2.67. The Kier molecular flexibility index (Phi) is 4.09. The standard InChI is InChI=1S/C15H16BrNO4/c1-8-10(13(18)19)7-15(14(20)21,9(2)17-8)11-5-3-4-6-12(11)16/h3-6,9,17H,7H2,1-2H3,(H,18,19)(H,20,21). The van der Waals surface area contributed by atoms with Gasteiger partial charge >= 0.3 is 11.9 Å². The number of benzene rings is 1. The summed E-state index contributed by atoms with van der Waals surface area (Å²) < 4.78 is 0.658. The number of carbonyl (C=O) groups is 2. The molecule has 0 aliphatic carbocycles. The highest BCUT2D eigenvalue weighted by Gasteiger charge is 2.50. The van der Waals surface area contributed by atoms with Crippen molar-refractivity contribution >= 4 is 27.9 Å². The fourth-order valence-corrected chi connectivity index (χ4v) is 3.50. The number of rotatable bonds is 3. The first-order valence-corrected chi connectivity index (χ1v) is 7.28. The first kappa shape index (κ1) is 15.6. The van der Waals surface area contributed by atoms with Crippen LogP contribution in [-0.2, 0) is 15.0 Å². The molecule has 5 nitrogen and oxygen atoms in total. The number of halogens is 1. The van der Waals surface area contributed by atoms with Crippen LogP contribution in [0.2, 0.25) is 0 Å². The maximum Gasteiger partial charge on any atom is 0.333 e. The van der Waals surface area contributed by atoms with E-state index in [0.29, 0.717) is 15.7 Å². The van der Waals surface area contributed by atoms with Gasteiger partial charge in [-0.2, -0.15) is 0 Å². The molecular formula is C15H16BrNO4. The van der Waals surface area contributed by atoms with Gasteiger partial charge in [0.25, 0.3) is 0 Å². The van der Waals surface area contributed by atoms with Crippen molar-refractivity contribution in [2.45, 2.75) is 31.7 Å². The molecule has 1 aromatic carbocycles. The van der Waals surface area contributed by atoms with Gasteiger partial charge in [0, 0.05) is 22.6 Å². The second-order valence-corrected chi connectivity index (χ2v) is 6.06. The number of nitrogens with one attached hydrogen (secondary N) is 1. The van der Waals surface area contributed by atoms with E-state index in [9.17, 15) is 19.8 Å². The average Bonchev–Trinajstić information content (AvgIpc) is 2.39. The fourth-order valence-electron chi connectivity index (χ4n) is 2.86. The molecule has 1 heterocycles. The van der Waals surface area contributed by atoms with Gasteiger partial charge in [-0.3, -0.25) is 4.79 Å². The minimum atomic E-state index is -1.33. The van der Waals surface area contributed by atoms with Crippen LogP contribution in [0.5, 0.6) is 0 Å². The normalized spacial score (nSPS) is 25.4. The third-order valence-electron chi connectivity index (χ3n) is 4.07. The van der Waals surface area contributed by atoms with Crippen molar-refractivity contribution < 1.29 is 19.8 Å². The molecule has 2 rings (SSSR count). The Morgan fingerprint density at radius 1 is 1.33 bits per heavy atom. The van der Waals surface area contributed by atoms with Crippen LogP contribution in [0, 0.1) is 0 Å². The largest absolute Gasteiger partial charge is 0.481 e. The van der Waals surface area contributed by atoms with Gasteiger partial charge in [0.15, 0.2) is 0 Å². The lowest BCUT2D eigenvalue weighted by Crippen LogP contribution is -2.55. The molecule has 0 spiro atoms. The summed E-state index contributed by atoms with van der Waals surface area (Å²) in [5, 5.41) is 22.2. The van der Waals surface area contributed by atoms with Gasteiger partial charge in [-0.1, -0.05) is 34.1 Å². The van der Waals surface area contributed by atoms with Crippen molar-refractivity contribution in [3.05, 3.63) is 45.6 Å². The molecule has 112 valence electrons. The molecule has 2 unspecified atom stereocenters. The summed E-state index contributed by atoms with van der Waals surface area (Å²) in [5.74, 6) is -2.13. The first-order chi connectivity index (χ1) is 9.80. The summed E-state index contributed by atoms with van der Waals surface area (Å²) >= 11 is 3.38. The minimum absolute atomic E-state index is 0.0553. The molecule has 6 heteroatoms. The van der Waals surface area contributed by atoms with Crippen LogP contribution < -0.4 is 5.32 Å². The summed E-state index contributed by atoms with van der Waals surface area (Å²) in [4.78, 5) is 23.4. The second kappa shape index (κ2) is 5.52. The molecule has 1 aliphatic heterocycles. The van der Waals surface area contributed by atoms with Crippen molar-refractivity contribution in [2.24, 2.45) is 0 Å². The molecule has 0 bridgehead atoms. The Morgan fingerprint density at radius 2 is 1.95 bits per heavy atom. The van der Waals surface area contributed by atoms with Gasteiger partial charge < -0.3 is 15.5 Å². The van der Waals surface area contributed by atoms with Crippen molar-refractivity contribution in [3.63, 3.8) is 0 Å². The number of allylic oxidation sites excluding steroid dienone is 1. The number of hydrogen-bond donors (Lipinski definition) is 3. The van der Waals surface area contributed by atoms with Crippen molar-refractivity contribution in [1.29, 1.82) is 0 Å². The molecule has 0 fully saturated rings. The van der Waals surface area contributed by atoms with Gasteiger partial charge in [-0.15, -0.1) is 0 Å². The maximum absolute atomic E-state index is 12.0. The Hall–Kier alpha value is -1.82. The van der Waals surface area contributed by atoms with Crippen LogP contribution in [0.15, 0.2) is 40.0 Å². The zero-order chi connectivity index (χ0) is 15.8. The molecule has 0 aromatic heterocycles. The quantitative estimate of drug-likeness (QED) is 0.777. The first-order valence-electron chi connectivity index (χ1n) is 6.48. The highest BCUT2D eigenvalue weighted by molar-refractivity contribution is 9.10. The Bertz CT molecular complexity index is 640. The van der Waals surface area contributed by atoms with Gasteiger partial charge in [0.1, 0.15) is 5.41 Å². The summed E-state index contributed by atoms with van der Waals surface area (Å²) in [5.41, 5.74) is -0.137. The van der Waals surface area contributed by atoms with E-state index in [1.807, 2.05) is 0 Å². The molecule has 3 N–H and O–H groups in total. The monoisotopic (exact) mass is 353 g/mol. The molecule has 0 amide bonds. The van der Waals surface area contributed by atoms with Gasteiger partial charge in [-0.25, -0.2) is 4.79 Å². The number of aliphatic carboxylic acids is 2. The number of hydrogen-bond acceptors (Lipinski definition) is 3. The lowest BCUT2D eigenvalue weighted by atomic mass is 9.68. The van der Waals surface area contributed by atoms with Crippen molar-refractivity contribution in [3.8, 4) is 0 Å². The third-order valence-corrected chi connectivity index (χ3v) is 4.77. The topological polar surface area (TPSA) is 86.6 Å². The van der Waals surface area contributed by atoms with E-state index in [1.165, 1.54) is 0 Å². The summed E-state index contributed by atoms with van der Waals surface area (Å²) in [6.07, 6.45) is -0.0553. The van der Waals surface area contributed by atoms with Crippen LogP contribution in [-0.4, -0.2) is 28.2 Å². The van der Waals surface area contributed by atoms with Crippen LogP contribution in [0.25, 0.3) is 0 Å².